The second-order valence-corrected chi connectivity index (χ2v) is 5.76. The monoisotopic (exact) mass is 267 g/mol. The molecule has 2 N–H and O–H groups in total. The lowest BCUT2D eigenvalue weighted by atomic mass is 10.1. The first-order chi connectivity index (χ1) is 8.60. The standard InChI is InChI=1S/C14H22ClN3/c1-11-8-17(2)14(7-16)10-18(9-11)13-5-3-4-12(15)6-13/h3-6,11,14H,7-10,16H2,1-2H3. The van der Waals surface area contributed by atoms with E-state index in [4.69, 9.17) is 17.3 Å². The fraction of sp³-hybridized carbons (Fsp3) is 0.571. The SMILES string of the molecule is CC1CN(c2cccc(Cl)c2)CC(CN)N(C)C1. The molecule has 1 aromatic carbocycles. The molecular formula is C14H22ClN3. The van der Waals surface area contributed by atoms with Crippen molar-refractivity contribution < 1.29 is 0 Å². The van der Waals surface area contributed by atoms with Crippen LogP contribution in [0.25, 0.3) is 0 Å². The maximum absolute atomic E-state index is 6.08. The molecule has 3 nitrogen and oxygen atoms in total. The van der Waals surface area contributed by atoms with Crippen molar-refractivity contribution in [3.63, 3.8) is 0 Å². The van der Waals surface area contributed by atoms with Crippen LogP contribution in [0.3, 0.4) is 0 Å². The molecule has 4 heteroatoms. The highest BCUT2D eigenvalue weighted by molar-refractivity contribution is 6.30. The number of halogens is 1. The molecule has 0 amide bonds. The molecule has 1 fully saturated rings. The Morgan fingerprint density at radius 1 is 1.33 bits per heavy atom. The third kappa shape index (κ3) is 3.16. The van der Waals surface area contributed by atoms with Gasteiger partial charge in [-0.1, -0.05) is 24.6 Å². The summed E-state index contributed by atoms with van der Waals surface area (Å²) in [6, 6.07) is 8.49. The minimum Gasteiger partial charge on any atom is -0.370 e. The predicted octanol–water partition coefficient (Wildman–Crippen LogP) is 2.06. The van der Waals surface area contributed by atoms with Gasteiger partial charge in [0.25, 0.3) is 0 Å². The van der Waals surface area contributed by atoms with E-state index in [9.17, 15) is 0 Å². The molecule has 1 aliphatic heterocycles. The third-order valence-corrected chi connectivity index (χ3v) is 3.87. The fourth-order valence-electron chi connectivity index (χ4n) is 2.68. The van der Waals surface area contributed by atoms with Crippen molar-refractivity contribution in [2.75, 3.05) is 38.1 Å². The fourth-order valence-corrected chi connectivity index (χ4v) is 2.87. The summed E-state index contributed by atoms with van der Waals surface area (Å²) in [5, 5.41) is 0.794. The van der Waals surface area contributed by atoms with Crippen LogP contribution in [0.15, 0.2) is 24.3 Å². The van der Waals surface area contributed by atoms with Crippen molar-refractivity contribution in [2.24, 2.45) is 11.7 Å². The number of hydrogen-bond acceptors (Lipinski definition) is 3. The van der Waals surface area contributed by atoms with Crippen LogP contribution < -0.4 is 10.6 Å². The Labute approximate surface area is 115 Å². The van der Waals surface area contributed by atoms with Crippen LogP contribution >= 0.6 is 11.6 Å². The van der Waals surface area contributed by atoms with Crippen LogP contribution in [0.4, 0.5) is 5.69 Å². The van der Waals surface area contributed by atoms with Gasteiger partial charge >= 0.3 is 0 Å². The van der Waals surface area contributed by atoms with Gasteiger partial charge in [0.15, 0.2) is 0 Å². The van der Waals surface area contributed by atoms with Gasteiger partial charge in [-0.3, -0.25) is 0 Å². The van der Waals surface area contributed by atoms with Crippen LogP contribution in [0, 0.1) is 5.92 Å². The maximum atomic E-state index is 6.08. The molecular weight excluding hydrogens is 246 g/mol. The summed E-state index contributed by atoms with van der Waals surface area (Å²) < 4.78 is 0. The smallest absolute Gasteiger partial charge is 0.0426 e. The summed E-state index contributed by atoms with van der Waals surface area (Å²) in [5.74, 6) is 0.630. The van der Waals surface area contributed by atoms with Gasteiger partial charge in [0.05, 0.1) is 0 Å². The molecule has 18 heavy (non-hydrogen) atoms. The van der Waals surface area contributed by atoms with Crippen molar-refractivity contribution in [1.82, 2.24) is 4.90 Å². The number of nitrogens with two attached hydrogens (primary N) is 1. The van der Waals surface area contributed by atoms with E-state index in [0.717, 1.165) is 24.7 Å². The highest BCUT2D eigenvalue weighted by atomic mass is 35.5. The van der Waals surface area contributed by atoms with E-state index in [1.54, 1.807) is 0 Å². The van der Waals surface area contributed by atoms with Gasteiger partial charge in [0, 0.05) is 42.9 Å². The summed E-state index contributed by atoms with van der Waals surface area (Å²) in [5.41, 5.74) is 7.08. The van der Waals surface area contributed by atoms with Crippen LogP contribution in [0.1, 0.15) is 6.92 Å². The highest BCUT2D eigenvalue weighted by Crippen LogP contribution is 2.23. The number of hydrogen-bond donors (Lipinski definition) is 1. The van der Waals surface area contributed by atoms with Crippen LogP contribution in [-0.2, 0) is 0 Å². The first-order valence-electron chi connectivity index (χ1n) is 6.51. The first-order valence-corrected chi connectivity index (χ1v) is 6.88. The van der Waals surface area contributed by atoms with Gasteiger partial charge < -0.3 is 15.5 Å². The molecule has 2 atom stereocenters. The van der Waals surface area contributed by atoms with E-state index < -0.39 is 0 Å². The highest BCUT2D eigenvalue weighted by Gasteiger charge is 2.25. The topological polar surface area (TPSA) is 32.5 Å². The molecule has 2 unspecified atom stereocenters. The molecule has 0 saturated carbocycles. The van der Waals surface area contributed by atoms with E-state index in [1.807, 2.05) is 18.2 Å². The Morgan fingerprint density at radius 2 is 2.11 bits per heavy atom. The number of anilines is 1. The molecule has 1 saturated heterocycles. The van der Waals surface area contributed by atoms with E-state index in [0.29, 0.717) is 18.5 Å². The molecule has 0 radical (unpaired) electrons. The summed E-state index contributed by atoms with van der Waals surface area (Å²) >= 11 is 6.08. The van der Waals surface area contributed by atoms with E-state index >= 15 is 0 Å². The van der Waals surface area contributed by atoms with Crippen molar-refractivity contribution in [3.05, 3.63) is 29.3 Å². The molecule has 1 aliphatic rings. The number of benzene rings is 1. The van der Waals surface area contributed by atoms with Crippen molar-refractivity contribution in [1.29, 1.82) is 0 Å². The largest absolute Gasteiger partial charge is 0.370 e. The van der Waals surface area contributed by atoms with Gasteiger partial charge in [-0.05, 0) is 31.2 Å². The van der Waals surface area contributed by atoms with Gasteiger partial charge in [0.1, 0.15) is 0 Å². The Morgan fingerprint density at radius 3 is 2.78 bits per heavy atom. The molecule has 2 rings (SSSR count). The third-order valence-electron chi connectivity index (χ3n) is 3.63. The minimum absolute atomic E-state index is 0.411. The van der Waals surface area contributed by atoms with Crippen LogP contribution in [-0.4, -0.2) is 44.2 Å². The normalized spacial score (nSPS) is 26.1. The maximum Gasteiger partial charge on any atom is 0.0426 e. The zero-order chi connectivity index (χ0) is 13.1. The predicted molar refractivity (Wildman–Crippen MR) is 78.3 cm³/mol. The summed E-state index contributed by atoms with van der Waals surface area (Å²) in [4.78, 5) is 4.77. The van der Waals surface area contributed by atoms with Crippen LogP contribution in [0.5, 0.6) is 0 Å². The molecule has 0 bridgehead atoms. The van der Waals surface area contributed by atoms with Crippen molar-refractivity contribution in [3.8, 4) is 0 Å². The van der Waals surface area contributed by atoms with E-state index in [2.05, 4.69) is 29.8 Å². The molecule has 0 spiro atoms. The molecule has 1 heterocycles. The average molecular weight is 268 g/mol. The lowest BCUT2D eigenvalue weighted by Gasteiger charge is -2.29. The van der Waals surface area contributed by atoms with Gasteiger partial charge in [-0.15, -0.1) is 0 Å². The number of nitrogens with zero attached hydrogens (tertiary/aromatic N) is 2. The molecule has 1 aromatic rings. The Balaban J connectivity index is 2.21. The first kappa shape index (κ1) is 13.7. The Kier molecular flexibility index (Phi) is 4.49. The lowest BCUT2D eigenvalue weighted by molar-refractivity contribution is 0.244. The van der Waals surface area contributed by atoms with Gasteiger partial charge in [0.2, 0.25) is 0 Å². The molecule has 0 aliphatic carbocycles. The Bertz CT molecular complexity index is 396. The second-order valence-electron chi connectivity index (χ2n) is 5.32. The minimum atomic E-state index is 0.411. The van der Waals surface area contributed by atoms with E-state index in [1.165, 1.54) is 5.69 Å². The van der Waals surface area contributed by atoms with Crippen LogP contribution in [0.2, 0.25) is 5.02 Å². The second kappa shape index (κ2) is 5.91. The van der Waals surface area contributed by atoms with Gasteiger partial charge in [-0.25, -0.2) is 0 Å². The Hall–Kier alpha value is -0.770. The molecule has 100 valence electrons. The van der Waals surface area contributed by atoms with Gasteiger partial charge in [-0.2, -0.15) is 0 Å². The average Bonchev–Trinajstić information content (AvgIpc) is 2.47. The number of likely N-dealkylation sites (N-methyl/N-ethyl adjacent to an activating group) is 1. The summed E-state index contributed by atoms with van der Waals surface area (Å²) in [7, 11) is 2.16. The molecule has 0 aromatic heterocycles. The number of rotatable bonds is 2. The summed E-state index contributed by atoms with van der Waals surface area (Å²) in [6.45, 7) is 6.10. The summed E-state index contributed by atoms with van der Waals surface area (Å²) in [6.07, 6.45) is 0. The van der Waals surface area contributed by atoms with E-state index in [-0.39, 0.29) is 0 Å². The van der Waals surface area contributed by atoms with Crippen molar-refractivity contribution >= 4 is 17.3 Å². The zero-order valence-corrected chi connectivity index (χ0v) is 11.9. The lowest BCUT2D eigenvalue weighted by Crippen LogP contribution is -2.43. The van der Waals surface area contributed by atoms with Crippen molar-refractivity contribution in [2.45, 2.75) is 13.0 Å². The quantitative estimate of drug-likeness (QED) is 0.890. The zero-order valence-electron chi connectivity index (χ0n) is 11.1.